The van der Waals surface area contributed by atoms with Crippen LogP contribution in [-0.2, 0) is 0 Å². The summed E-state index contributed by atoms with van der Waals surface area (Å²) in [6.45, 7) is 0. The molecular weight excluding hydrogens is 342 g/mol. The van der Waals surface area contributed by atoms with E-state index in [9.17, 15) is 0 Å². The maximum absolute atomic E-state index is 2.37. The van der Waals surface area contributed by atoms with E-state index >= 15 is 0 Å². The molecule has 5 aromatic rings. The molecule has 0 saturated carbocycles. The molecule has 1 nitrogen and oxygen atoms in total. The predicted molar refractivity (Wildman–Crippen MR) is 112 cm³/mol. The van der Waals surface area contributed by atoms with E-state index in [4.69, 9.17) is 0 Å². The average molecular weight is 358 g/mol. The fourth-order valence-electron chi connectivity index (χ4n) is 3.10. The van der Waals surface area contributed by atoms with E-state index in [2.05, 4.69) is 95.9 Å². The molecule has 0 aliphatic rings. The largest absolute Gasteiger partial charge is 0.293 e. The monoisotopic (exact) mass is 357 g/mol. The first-order chi connectivity index (χ1) is 12.4. The zero-order valence-electron chi connectivity index (χ0n) is 13.4. The number of hydrogen-bond donors (Lipinski definition) is 0. The van der Waals surface area contributed by atoms with E-state index in [-0.39, 0.29) is 0 Å². The van der Waals surface area contributed by atoms with Gasteiger partial charge in [0.2, 0.25) is 0 Å². The number of hydrogen-bond acceptors (Lipinski definition) is 3. The summed E-state index contributed by atoms with van der Waals surface area (Å²) in [7, 11) is 0. The maximum Gasteiger partial charge on any atom is 0.102 e. The summed E-state index contributed by atoms with van der Waals surface area (Å²) in [6, 6.07) is 32.4. The van der Waals surface area contributed by atoms with E-state index in [0.717, 1.165) is 0 Å². The third kappa shape index (κ3) is 2.62. The van der Waals surface area contributed by atoms with Gasteiger partial charge in [0, 0.05) is 15.1 Å². The molecule has 25 heavy (non-hydrogen) atoms. The van der Waals surface area contributed by atoms with Crippen LogP contribution in [-0.4, -0.2) is 0 Å². The van der Waals surface area contributed by atoms with Crippen molar-refractivity contribution in [1.29, 1.82) is 0 Å². The van der Waals surface area contributed by atoms with Gasteiger partial charge >= 0.3 is 0 Å². The van der Waals surface area contributed by atoms with Crippen molar-refractivity contribution in [3.8, 4) is 0 Å². The smallest absolute Gasteiger partial charge is 0.102 e. The molecule has 2 aromatic heterocycles. The number of para-hydroxylation sites is 1. The summed E-state index contributed by atoms with van der Waals surface area (Å²) in [6.07, 6.45) is 0. The minimum Gasteiger partial charge on any atom is -0.293 e. The Hall–Kier alpha value is -2.62. The quantitative estimate of drug-likeness (QED) is 0.321. The van der Waals surface area contributed by atoms with Gasteiger partial charge in [-0.1, -0.05) is 54.6 Å². The van der Waals surface area contributed by atoms with Gasteiger partial charge in [0.1, 0.15) is 10.0 Å². The molecule has 0 amide bonds. The lowest BCUT2D eigenvalue weighted by molar-refractivity contribution is 1.36. The molecule has 0 fully saturated rings. The molecular formula is C22H15NS2. The summed E-state index contributed by atoms with van der Waals surface area (Å²) in [5.74, 6) is 0. The Morgan fingerprint density at radius 3 is 1.52 bits per heavy atom. The van der Waals surface area contributed by atoms with Crippen LogP contribution < -0.4 is 4.90 Å². The minimum atomic E-state index is 1.20. The van der Waals surface area contributed by atoms with Crippen molar-refractivity contribution in [3.05, 3.63) is 91.0 Å². The van der Waals surface area contributed by atoms with Crippen molar-refractivity contribution in [1.82, 2.24) is 0 Å². The summed E-state index contributed by atoms with van der Waals surface area (Å²) in [4.78, 5) is 2.37. The lowest BCUT2D eigenvalue weighted by Crippen LogP contribution is -2.06. The van der Waals surface area contributed by atoms with Crippen LogP contribution in [0.15, 0.2) is 91.0 Å². The van der Waals surface area contributed by atoms with Gasteiger partial charge in [-0.2, -0.15) is 0 Å². The standard InChI is InChI=1S/C22H15NS2/c1-2-10-18(11-3-1)23(21-14-16-8-4-6-12-19(16)24-21)22-15-17-9-5-7-13-20(17)25-22/h1-15H. The molecule has 0 aliphatic carbocycles. The van der Waals surface area contributed by atoms with Crippen LogP contribution in [0.4, 0.5) is 15.7 Å². The summed E-state index contributed by atoms with van der Waals surface area (Å²) in [5, 5.41) is 5.09. The van der Waals surface area contributed by atoms with Crippen molar-refractivity contribution < 1.29 is 0 Å². The van der Waals surface area contributed by atoms with E-state index in [1.807, 2.05) is 22.7 Å². The molecule has 3 aromatic carbocycles. The van der Waals surface area contributed by atoms with Gasteiger partial charge in [-0.15, -0.1) is 22.7 Å². The molecule has 0 N–H and O–H groups in total. The van der Waals surface area contributed by atoms with E-state index in [1.165, 1.54) is 35.9 Å². The van der Waals surface area contributed by atoms with Gasteiger partial charge < -0.3 is 0 Å². The number of fused-ring (bicyclic) bond motifs is 2. The Morgan fingerprint density at radius 2 is 1.00 bits per heavy atom. The topological polar surface area (TPSA) is 3.24 Å². The molecule has 120 valence electrons. The highest BCUT2D eigenvalue weighted by molar-refractivity contribution is 7.25. The normalized spacial score (nSPS) is 11.2. The van der Waals surface area contributed by atoms with Crippen LogP contribution in [0.1, 0.15) is 0 Å². The molecule has 5 rings (SSSR count). The van der Waals surface area contributed by atoms with Crippen molar-refractivity contribution >= 4 is 58.5 Å². The van der Waals surface area contributed by atoms with Gasteiger partial charge in [0.25, 0.3) is 0 Å². The second-order valence-electron chi connectivity index (χ2n) is 5.92. The molecule has 0 aliphatic heterocycles. The molecule has 0 radical (unpaired) electrons. The Bertz CT molecular complexity index is 1010. The molecule has 3 heteroatoms. The second kappa shape index (κ2) is 6.03. The first-order valence-electron chi connectivity index (χ1n) is 8.21. The van der Waals surface area contributed by atoms with Crippen LogP contribution in [0.5, 0.6) is 0 Å². The SMILES string of the molecule is c1ccc(N(c2cc3ccccc3s2)c2cc3ccccc3s2)cc1. The predicted octanol–water partition coefficient (Wildman–Crippen LogP) is 7.59. The highest BCUT2D eigenvalue weighted by Gasteiger charge is 2.17. The van der Waals surface area contributed by atoms with Crippen LogP contribution >= 0.6 is 22.7 Å². The van der Waals surface area contributed by atoms with Gasteiger partial charge in [-0.25, -0.2) is 0 Å². The average Bonchev–Trinajstić information content (AvgIpc) is 3.26. The number of nitrogens with zero attached hydrogens (tertiary/aromatic N) is 1. The zero-order valence-corrected chi connectivity index (χ0v) is 15.1. The van der Waals surface area contributed by atoms with Crippen LogP contribution in [0.2, 0.25) is 0 Å². The zero-order chi connectivity index (χ0) is 16.6. The summed E-state index contributed by atoms with van der Waals surface area (Å²) in [5.41, 5.74) is 1.20. The first kappa shape index (κ1) is 14.7. The highest BCUT2D eigenvalue weighted by atomic mass is 32.1. The highest BCUT2D eigenvalue weighted by Crippen LogP contribution is 2.45. The third-order valence-corrected chi connectivity index (χ3v) is 6.48. The summed E-state index contributed by atoms with van der Waals surface area (Å²) >= 11 is 3.68. The molecule has 0 saturated heterocycles. The van der Waals surface area contributed by atoms with Gasteiger partial charge in [-0.3, -0.25) is 4.90 Å². The van der Waals surface area contributed by atoms with Crippen LogP contribution in [0.3, 0.4) is 0 Å². The van der Waals surface area contributed by atoms with Crippen molar-refractivity contribution in [2.75, 3.05) is 4.90 Å². The number of anilines is 3. The molecule has 0 spiro atoms. The van der Waals surface area contributed by atoms with Crippen LogP contribution in [0.25, 0.3) is 20.2 Å². The molecule has 0 atom stereocenters. The Labute approximate surface area is 154 Å². The van der Waals surface area contributed by atoms with Gasteiger partial charge in [0.05, 0.1) is 0 Å². The van der Waals surface area contributed by atoms with E-state index < -0.39 is 0 Å². The fourth-order valence-corrected chi connectivity index (χ4v) is 5.35. The number of rotatable bonds is 3. The fraction of sp³-hybridized carbons (Fsp3) is 0. The Balaban J connectivity index is 1.73. The van der Waals surface area contributed by atoms with Crippen molar-refractivity contribution in [2.45, 2.75) is 0 Å². The molecule has 0 unspecified atom stereocenters. The van der Waals surface area contributed by atoms with Gasteiger partial charge in [-0.05, 0) is 47.2 Å². The van der Waals surface area contributed by atoms with Gasteiger partial charge in [0.15, 0.2) is 0 Å². The lowest BCUT2D eigenvalue weighted by atomic mass is 10.2. The Morgan fingerprint density at radius 1 is 0.520 bits per heavy atom. The minimum absolute atomic E-state index is 1.20. The maximum atomic E-state index is 2.37. The van der Waals surface area contributed by atoms with E-state index in [0.29, 0.717) is 0 Å². The van der Waals surface area contributed by atoms with Crippen LogP contribution in [0, 0.1) is 0 Å². The number of thiophene rings is 2. The van der Waals surface area contributed by atoms with Crippen molar-refractivity contribution in [2.24, 2.45) is 0 Å². The first-order valence-corrected chi connectivity index (χ1v) is 9.84. The van der Waals surface area contributed by atoms with E-state index in [1.54, 1.807) is 0 Å². The lowest BCUT2D eigenvalue weighted by Gasteiger charge is -2.21. The summed E-state index contributed by atoms with van der Waals surface area (Å²) < 4.78 is 2.64. The van der Waals surface area contributed by atoms with Crippen molar-refractivity contribution in [3.63, 3.8) is 0 Å². The third-order valence-electron chi connectivity index (χ3n) is 4.28. The molecule has 2 heterocycles. The molecule has 0 bridgehead atoms. The second-order valence-corrected chi connectivity index (χ2v) is 8.04. The number of benzene rings is 3. The Kier molecular flexibility index (Phi) is 3.54.